The minimum Gasteiger partial charge on any atom is -0.348 e. The van der Waals surface area contributed by atoms with E-state index in [2.05, 4.69) is 0 Å². The van der Waals surface area contributed by atoms with Crippen molar-refractivity contribution in [1.82, 2.24) is 0 Å². The summed E-state index contributed by atoms with van der Waals surface area (Å²) < 4.78 is 11.3. The summed E-state index contributed by atoms with van der Waals surface area (Å²) in [6.45, 7) is 2.18. The zero-order valence-corrected chi connectivity index (χ0v) is 9.84. The highest BCUT2D eigenvalue weighted by Crippen LogP contribution is 2.26. The molecule has 3 heteroatoms. The Bertz CT molecular complexity index is 397. The van der Waals surface area contributed by atoms with Crippen molar-refractivity contribution in [2.75, 3.05) is 6.61 Å². The lowest BCUT2D eigenvalue weighted by atomic mass is 10.1. The molecular weight excluding hydrogens is 216 g/mol. The van der Waals surface area contributed by atoms with Gasteiger partial charge in [-0.15, -0.1) is 0 Å². The summed E-state index contributed by atoms with van der Waals surface area (Å²) in [4.78, 5) is 10.9. The highest BCUT2D eigenvalue weighted by molar-refractivity contribution is 5.87. The molecule has 3 nitrogen and oxygen atoms in total. The molecule has 2 atom stereocenters. The highest BCUT2D eigenvalue weighted by atomic mass is 16.7. The average molecular weight is 232 g/mol. The highest BCUT2D eigenvalue weighted by Gasteiger charge is 2.22. The molecule has 0 aliphatic carbocycles. The van der Waals surface area contributed by atoms with Crippen molar-refractivity contribution in [3.63, 3.8) is 0 Å². The van der Waals surface area contributed by atoms with Crippen LogP contribution in [0.25, 0.3) is 0 Å². The molecule has 0 N–H and O–H groups in total. The van der Waals surface area contributed by atoms with Crippen LogP contribution in [0.3, 0.4) is 0 Å². The van der Waals surface area contributed by atoms with Gasteiger partial charge < -0.3 is 9.47 Å². The summed E-state index contributed by atoms with van der Waals surface area (Å²) in [6.07, 6.45) is 3.77. The SMILES string of the molecule is CC(=O)/C=C/C1CCOC(c2ccccc2)O1. The first-order valence-electron chi connectivity index (χ1n) is 5.76. The molecule has 90 valence electrons. The van der Waals surface area contributed by atoms with Crippen molar-refractivity contribution >= 4 is 5.78 Å². The molecule has 0 aromatic heterocycles. The second-order valence-corrected chi connectivity index (χ2v) is 4.05. The van der Waals surface area contributed by atoms with Crippen LogP contribution in [-0.4, -0.2) is 18.5 Å². The fourth-order valence-electron chi connectivity index (χ4n) is 1.73. The number of carbonyl (C=O) groups excluding carboxylic acids is 1. The third-order valence-corrected chi connectivity index (χ3v) is 2.59. The van der Waals surface area contributed by atoms with Crippen molar-refractivity contribution in [2.24, 2.45) is 0 Å². The fraction of sp³-hybridized carbons (Fsp3) is 0.357. The van der Waals surface area contributed by atoms with Crippen molar-refractivity contribution in [3.8, 4) is 0 Å². The van der Waals surface area contributed by atoms with Crippen molar-refractivity contribution in [3.05, 3.63) is 48.0 Å². The molecule has 1 aliphatic heterocycles. The number of ketones is 1. The van der Waals surface area contributed by atoms with E-state index >= 15 is 0 Å². The van der Waals surface area contributed by atoms with Crippen LogP contribution in [-0.2, 0) is 14.3 Å². The molecule has 1 aromatic rings. The van der Waals surface area contributed by atoms with Crippen molar-refractivity contribution in [1.29, 1.82) is 0 Å². The Labute approximate surface area is 101 Å². The molecule has 1 saturated heterocycles. The van der Waals surface area contributed by atoms with E-state index in [1.165, 1.54) is 6.92 Å². The molecule has 0 spiro atoms. The number of hydrogen-bond acceptors (Lipinski definition) is 3. The standard InChI is InChI=1S/C14H16O3/c1-11(15)7-8-13-9-10-16-14(17-13)12-5-3-2-4-6-12/h2-8,13-14H,9-10H2,1H3/b8-7+. The van der Waals surface area contributed by atoms with Crippen LogP contribution in [0, 0.1) is 0 Å². The Hall–Kier alpha value is -1.45. The number of carbonyl (C=O) groups is 1. The number of allylic oxidation sites excluding steroid dienone is 1. The maximum Gasteiger partial charge on any atom is 0.184 e. The molecule has 1 aliphatic rings. The van der Waals surface area contributed by atoms with Gasteiger partial charge in [0.25, 0.3) is 0 Å². The fourth-order valence-corrected chi connectivity index (χ4v) is 1.73. The number of ether oxygens (including phenoxy) is 2. The van der Waals surface area contributed by atoms with Crippen LogP contribution in [0.15, 0.2) is 42.5 Å². The molecule has 1 heterocycles. The largest absolute Gasteiger partial charge is 0.348 e. The van der Waals surface area contributed by atoms with E-state index in [0.29, 0.717) is 6.61 Å². The Morgan fingerprint density at radius 1 is 1.35 bits per heavy atom. The minimum absolute atomic E-state index is 0.0383. The molecular formula is C14H16O3. The lowest BCUT2D eigenvalue weighted by Crippen LogP contribution is -2.25. The van der Waals surface area contributed by atoms with Crippen molar-refractivity contribution < 1.29 is 14.3 Å². The van der Waals surface area contributed by atoms with Crippen LogP contribution < -0.4 is 0 Å². The molecule has 2 unspecified atom stereocenters. The zero-order valence-electron chi connectivity index (χ0n) is 9.84. The molecule has 1 aromatic carbocycles. The molecule has 2 rings (SSSR count). The van der Waals surface area contributed by atoms with Crippen molar-refractivity contribution in [2.45, 2.75) is 25.7 Å². The quantitative estimate of drug-likeness (QED) is 0.751. The van der Waals surface area contributed by atoms with Crippen LogP contribution >= 0.6 is 0 Å². The Kier molecular flexibility index (Phi) is 4.07. The molecule has 1 fully saturated rings. The Morgan fingerprint density at radius 2 is 2.12 bits per heavy atom. The van der Waals surface area contributed by atoms with Crippen LogP contribution in [0.2, 0.25) is 0 Å². The predicted octanol–water partition coefficient (Wildman–Crippen LogP) is 2.64. The zero-order chi connectivity index (χ0) is 12.1. The minimum atomic E-state index is -0.327. The van der Waals surface area contributed by atoms with Gasteiger partial charge in [-0.05, 0) is 13.0 Å². The van der Waals surface area contributed by atoms with Gasteiger partial charge in [0.2, 0.25) is 0 Å². The second-order valence-electron chi connectivity index (χ2n) is 4.05. The van der Waals surface area contributed by atoms with Gasteiger partial charge in [-0.3, -0.25) is 4.79 Å². The number of benzene rings is 1. The summed E-state index contributed by atoms with van der Waals surface area (Å²) in [5.74, 6) is 0.0383. The van der Waals surface area contributed by atoms with Gasteiger partial charge in [-0.2, -0.15) is 0 Å². The average Bonchev–Trinajstić information content (AvgIpc) is 2.38. The van der Waals surface area contributed by atoms with E-state index in [1.54, 1.807) is 12.2 Å². The summed E-state index contributed by atoms with van der Waals surface area (Å²) in [5, 5.41) is 0. The number of rotatable bonds is 3. The second kappa shape index (κ2) is 5.75. The van der Waals surface area contributed by atoms with Gasteiger partial charge in [-0.1, -0.05) is 36.4 Å². The van der Waals surface area contributed by atoms with Gasteiger partial charge >= 0.3 is 0 Å². The summed E-state index contributed by atoms with van der Waals surface area (Å²) >= 11 is 0. The molecule has 0 radical (unpaired) electrons. The van der Waals surface area contributed by atoms with Crippen LogP contribution in [0.1, 0.15) is 25.2 Å². The topological polar surface area (TPSA) is 35.5 Å². The first kappa shape index (κ1) is 12.0. The van der Waals surface area contributed by atoms with Crippen LogP contribution in [0.4, 0.5) is 0 Å². The lowest BCUT2D eigenvalue weighted by molar-refractivity contribution is -0.204. The molecule has 0 amide bonds. The normalized spacial score (nSPS) is 25.0. The maximum atomic E-state index is 10.9. The van der Waals surface area contributed by atoms with Gasteiger partial charge in [0.1, 0.15) is 0 Å². The molecule has 17 heavy (non-hydrogen) atoms. The van der Waals surface area contributed by atoms with E-state index in [9.17, 15) is 4.79 Å². The van der Waals surface area contributed by atoms with E-state index in [4.69, 9.17) is 9.47 Å². The van der Waals surface area contributed by atoms with E-state index in [-0.39, 0.29) is 18.2 Å². The van der Waals surface area contributed by atoms with Gasteiger partial charge in [0, 0.05) is 12.0 Å². The third-order valence-electron chi connectivity index (χ3n) is 2.59. The predicted molar refractivity (Wildman–Crippen MR) is 64.4 cm³/mol. The monoisotopic (exact) mass is 232 g/mol. The summed E-state index contributed by atoms with van der Waals surface area (Å²) in [7, 11) is 0. The first-order valence-corrected chi connectivity index (χ1v) is 5.76. The summed E-state index contributed by atoms with van der Waals surface area (Å²) in [5.41, 5.74) is 1.01. The van der Waals surface area contributed by atoms with E-state index in [1.807, 2.05) is 30.3 Å². The molecule has 0 bridgehead atoms. The summed E-state index contributed by atoms with van der Waals surface area (Å²) in [6, 6.07) is 9.82. The van der Waals surface area contributed by atoms with Crippen LogP contribution in [0.5, 0.6) is 0 Å². The first-order chi connectivity index (χ1) is 8.25. The van der Waals surface area contributed by atoms with Gasteiger partial charge in [0.15, 0.2) is 12.1 Å². The third kappa shape index (κ3) is 3.51. The van der Waals surface area contributed by atoms with E-state index in [0.717, 1.165) is 12.0 Å². The lowest BCUT2D eigenvalue weighted by Gasteiger charge is -2.28. The number of hydrogen-bond donors (Lipinski definition) is 0. The van der Waals surface area contributed by atoms with E-state index < -0.39 is 0 Å². The molecule has 0 saturated carbocycles. The Balaban J connectivity index is 2.00. The maximum absolute atomic E-state index is 10.9. The smallest absolute Gasteiger partial charge is 0.184 e. The van der Waals surface area contributed by atoms with Gasteiger partial charge in [-0.25, -0.2) is 0 Å². The Morgan fingerprint density at radius 3 is 2.82 bits per heavy atom. The van der Waals surface area contributed by atoms with Gasteiger partial charge in [0.05, 0.1) is 12.7 Å².